The van der Waals surface area contributed by atoms with Crippen molar-refractivity contribution in [3.8, 4) is 0 Å². The molecule has 0 aromatic rings. The molecule has 2 atom stereocenters. The van der Waals surface area contributed by atoms with Crippen molar-refractivity contribution < 1.29 is 14.7 Å². The van der Waals surface area contributed by atoms with Gasteiger partial charge < -0.3 is 5.11 Å². The summed E-state index contributed by atoms with van der Waals surface area (Å²) in [5.74, 6) is -1.40. The molecule has 0 aromatic carbocycles. The normalized spacial score (nSPS) is 26.4. The molecule has 1 amide bonds. The van der Waals surface area contributed by atoms with Gasteiger partial charge in [0.1, 0.15) is 5.70 Å². The zero-order valence-corrected chi connectivity index (χ0v) is 9.85. The third-order valence-corrected chi connectivity index (χ3v) is 4.32. The Bertz CT molecular complexity index is 469. The minimum Gasteiger partial charge on any atom is -0.477 e. The van der Waals surface area contributed by atoms with Crippen LogP contribution >= 0.6 is 11.8 Å². The van der Waals surface area contributed by atoms with Gasteiger partial charge in [0.2, 0.25) is 5.91 Å². The molecular formula is C9H10N4O3S. The molecule has 0 spiro atoms. The quantitative estimate of drug-likeness (QED) is 0.355. The van der Waals surface area contributed by atoms with Crippen molar-refractivity contribution in [2.75, 3.05) is 6.54 Å². The number of carboxylic acids is 1. The highest BCUT2D eigenvalue weighted by molar-refractivity contribution is 8.04. The van der Waals surface area contributed by atoms with Crippen LogP contribution in [0.5, 0.6) is 0 Å². The molecule has 2 aliphatic heterocycles. The summed E-state index contributed by atoms with van der Waals surface area (Å²) in [7, 11) is 0. The minimum atomic E-state index is -1.10. The van der Waals surface area contributed by atoms with Crippen molar-refractivity contribution in [1.82, 2.24) is 4.90 Å². The van der Waals surface area contributed by atoms with E-state index in [0.29, 0.717) is 11.3 Å². The Morgan fingerprint density at radius 2 is 2.41 bits per heavy atom. The van der Waals surface area contributed by atoms with Gasteiger partial charge in [0.25, 0.3) is 0 Å². The number of aliphatic carboxylic acids is 1. The molecule has 1 saturated heterocycles. The average Bonchev–Trinajstić information content (AvgIpc) is 2.65. The maximum absolute atomic E-state index is 11.6. The lowest BCUT2D eigenvalue weighted by molar-refractivity contribution is -0.150. The van der Waals surface area contributed by atoms with Gasteiger partial charge in [0, 0.05) is 16.4 Å². The van der Waals surface area contributed by atoms with E-state index in [1.807, 2.05) is 0 Å². The van der Waals surface area contributed by atoms with Crippen LogP contribution in [0.15, 0.2) is 15.7 Å². The minimum absolute atomic E-state index is 0.0521. The molecule has 17 heavy (non-hydrogen) atoms. The van der Waals surface area contributed by atoms with Gasteiger partial charge >= 0.3 is 5.97 Å². The van der Waals surface area contributed by atoms with E-state index in [1.54, 1.807) is 6.92 Å². The molecule has 1 N–H and O–H groups in total. The van der Waals surface area contributed by atoms with Crippen LogP contribution in [-0.2, 0) is 9.59 Å². The second-order valence-electron chi connectivity index (χ2n) is 3.79. The van der Waals surface area contributed by atoms with Gasteiger partial charge in [-0.1, -0.05) is 12.0 Å². The average molecular weight is 254 g/mol. The fraction of sp³-hybridized carbons (Fsp3) is 0.556. The van der Waals surface area contributed by atoms with Gasteiger partial charge in [-0.05, 0) is 12.0 Å². The predicted octanol–water partition coefficient (Wildman–Crippen LogP) is 1.53. The smallest absolute Gasteiger partial charge is 0.353 e. The van der Waals surface area contributed by atoms with Crippen molar-refractivity contribution in [3.05, 3.63) is 21.0 Å². The molecule has 8 heteroatoms. The van der Waals surface area contributed by atoms with Gasteiger partial charge in [-0.3, -0.25) is 9.69 Å². The Balaban J connectivity index is 2.21. The molecule has 0 aliphatic carbocycles. The highest BCUT2D eigenvalue weighted by Crippen LogP contribution is 2.49. The number of carbonyl (C=O) groups excluding carboxylic acids is 1. The van der Waals surface area contributed by atoms with E-state index in [9.17, 15) is 9.59 Å². The zero-order chi connectivity index (χ0) is 12.6. The molecule has 7 nitrogen and oxygen atoms in total. The monoisotopic (exact) mass is 254 g/mol. The van der Waals surface area contributed by atoms with E-state index in [2.05, 4.69) is 10.0 Å². The van der Waals surface area contributed by atoms with Crippen molar-refractivity contribution in [2.24, 2.45) is 11.0 Å². The number of β-lactam (4-membered cyclic amide) rings is 1. The number of carbonyl (C=O) groups is 2. The van der Waals surface area contributed by atoms with Crippen molar-refractivity contribution in [3.63, 3.8) is 0 Å². The summed E-state index contributed by atoms with van der Waals surface area (Å²) < 4.78 is 0. The van der Waals surface area contributed by atoms with Crippen LogP contribution in [0, 0.1) is 5.92 Å². The van der Waals surface area contributed by atoms with E-state index in [4.69, 9.17) is 10.6 Å². The number of thioether (sulfide) groups is 1. The maximum Gasteiger partial charge on any atom is 0.353 e. The third kappa shape index (κ3) is 1.75. The lowest BCUT2D eigenvalue weighted by Gasteiger charge is -2.40. The van der Waals surface area contributed by atoms with E-state index < -0.39 is 5.97 Å². The molecule has 0 saturated carbocycles. The summed E-state index contributed by atoms with van der Waals surface area (Å²) in [4.78, 5) is 27.2. The molecule has 2 rings (SSSR count). The number of hydrogen-bond donors (Lipinski definition) is 1. The van der Waals surface area contributed by atoms with E-state index in [0.717, 1.165) is 0 Å². The molecule has 2 aliphatic rings. The molecule has 0 radical (unpaired) electrons. The first-order valence-corrected chi connectivity index (χ1v) is 5.93. The van der Waals surface area contributed by atoms with Gasteiger partial charge in [0.05, 0.1) is 11.3 Å². The Labute approximate surface area is 101 Å². The van der Waals surface area contributed by atoms with Crippen LogP contribution in [0.3, 0.4) is 0 Å². The summed E-state index contributed by atoms with van der Waals surface area (Å²) >= 11 is 1.38. The second-order valence-corrected chi connectivity index (χ2v) is 5.00. The lowest BCUT2D eigenvalue weighted by Crippen LogP contribution is -2.55. The maximum atomic E-state index is 11.6. The summed E-state index contributed by atoms with van der Waals surface area (Å²) in [5.41, 5.74) is 8.22. The van der Waals surface area contributed by atoms with Gasteiger partial charge in [-0.25, -0.2) is 4.79 Å². The number of azide groups is 1. The summed E-state index contributed by atoms with van der Waals surface area (Å²) in [6.07, 6.45) is 0.364. The summed E-state index contributed by atoms with van der Waals surface area (Å²) in [6.45, 7) is 1.99. The highest BCUT2D eigenvalue weighted by atomic mass is 32.2. The first-order chi connectivity index (χ1) is 8.07. The lowest BCUT2D eigenvalue weighted by atomic mass is 10.00. The number of hydrogen-bond acceptors (Lipinski definition) is 4. The fourth-order valence-electron chi connectivity index (χ4n) is 1.93. The van der Waals surface area contributed by atoms with Crippen LogP contribution in [0.2, 0.25) is 0 Å². The molecule has 0 bridgehead atoms. The van der Waals surface area contributed by atoms with Crippen LogP contribution in [0.4, 0.5) is 0 Å². The Morgan fingerprint density at radius 3 is 3.00 bits per heavy atom. The zero-order valence-electron chi connectivity index (χ0n) is 9.03. The fourth-order valence-corrected chi connectivity index (χ4v) is 3.37. The highest BCUT2D eigenvalue weighted by Gasteiger charge is 2.53. The van der Waals surface area contributed by atoms with Crippen LogP contribution < -0.4 is 0 Å². The van der Waals surface area contributed by atoms with E-state index in [-0.39, 0.29) is 29.4 Å². The molecule has 1 unspecified atom stereocenters. The molecular weight excluding hydrogens is 244 g/mol. The Hall–Kier alpha value is -1.66. The van der Waals surface area contributed by atoms with Crippen molar-refractivity contribution in [1.29, 1.82) is 0 Å². The largest absolute Gasteiger partial charge is 0.477 e. The Morgan fingerprint density at radius 1 is 1.71 bits per heavy atom. The van der Waals surface area contributed by atoms with E-state index in [1.165, 1.54) is 16.7 Å². The standard InChI is InChI=1S/C9H10N4O3S/c1-4-7(14)13-6(9(15)16)5(17-8(4)13)2-3-11-12-10/h4,8H,2-3H2,1H3,(H,15,16)/t4?,8-/m0/s1. The Kier molecular flexibility index (Phi) is 2.99. The number of fused-ring (bicyclic) bond motifs is 1. The van der Waals surface area contributed by atoms with Crippen LogP contribution in [-0.4, -0.2) is 33.8 Å². The van der Waals surface area contributed by atoms with Gasteiger partial charge in [-0.2, -0.15) is 0 Å². The first-order valence-electron chi connectivity index (χ1n) is 5.05. The van der Waals surface area contributed by atoms with Crippen molar-refractivity contribution in [2.45, 2.75) is 18.7 Å². The number of carboxylic acid groups (broad SMARTS) is 1. The summed E-state index contributed by atoms with van der Waals surface area (Å²) in [6, 6.07) is 0. The SMILES string of the molecule is CC1C(=O)N2C(C(=O)O)=C(CCN=[N+]=[N-])S[C@@H]12. The number of amides is 1. The number of nitrogens with zero attached hydrogens (tertiary/aromatic N) is 4. The van der Waals surface area contributed by atoms with E-state index >= 15 is 0 Å². The third-order valence-electron chi connectivity index (χ3n) is 2.78. The topological polar surface area (TPSA) is 106 Å². The summed E-state index contributed by atoms with van der Waals surface area (Å²) in [5, 5.41) is 12.4. The van der Waals surface area contributed by atoms with Crippen molar-refractivity contribution >= 4 is 23.6 Å². The van der Waals surface area contributed by atoms with Crippen LogP contribution in [0.25, 0.3) is 10.4 Å². The molecule has 90 valence electrons. The second kappa shape index (κ2) is 4.31. The molecule has 1 fully saturated rings. The van der Waals surface area contributed by atoms with Crippen LogP contribution in [0.1, 0.15) is 13.3 Å². The first kappa shape index (κ1) is 11.8. The van der Waals surface area contributed by atoms with Gasteiger partial charge in [-0.15, -0.1) is 11.8 Å². The van der Waals surface area contributed by atoms with Gasteiger partial charge in [0.15, 0.2) is 0 Å². The molecule has 0 aromatic heterocycles. The predicted molar refractivity (Wildman–Crippen MR) is 60.7 cm³/mol. The molecule has 2 heterocycles. The number of rotatable bonds is 4.